The molecule has 4 heterocycles. The zero-order chi connectivity index (χ0) is 45.1. The zero-order valence-electron chi connectivity index (χ0n) is 36.6. The molecule has 0 spiro atoms. The third kappa shape index (κ3) is 7.69. The predicted octanol–water partition coefficient (Wildman–Crippen LogP) is 5.23. The molecule has 62 heavy (non-hydrogen) atoms. The molecular weight excluding hydrogens is 799 g/mol. The summed E-state index contributed by atoms with van der Waals surface area (Å²) in [5.74, 6) is -5.62. The van der Waals surface area contributed by atoms with Crippen LogP contribution in [-0.2, 0) is 14.3 Å². The maximum Gasteiger partial charge on any atom is 0.307 e. The minimum Gasteiger partial charge on any atom is -0.507 e. The monoisotopic (exact) mass is 855 g/mol. The number of allylic oxidation sites excluding steroid dienone is 2. The lowest BCUT2D eigenvalue weighted by atomic mass is 9.78. The highest BCUT2D eigenvalue weighted by molar-refractivity contribution is 6.16. The van der Waals surface area contributed by atoms with Gasteiger partial charge in [0, 0.05) is 85.1 Å². The number of carbonyl (C=O) groups is 1. The van der Waals surface area contributed by atoms with Crippen LogP contribution in [0.25, 0.3) is 38.7 Å². The number of hydrogen-bond acceptors (Lipinski definition) is 14. The maximum absolute atomic E-state index is 14.8. The molecule has 0 aliphatic carbocycles. The van der Waals surface area contributed by atoms with Crippen LogP contribution in [0.15, 0.2) is 62.3 Å². The van der Waals surface area contributed by atoms with Crippen molar-refractivity contribution in [2.24, 2.45) is 29.6 Å². The minimum absolute atomic E-state index is 0.0312. The molecule has 4 bridgehead atoms. The number of nitrogens with one attached hydrogen (secondary N) is 1. The second kappa shape index (κ2) is 17.0. The average molecular weight is 856 g/mol. The Balaban J connectivity index is 1.49. The van der Waals surface area contributed by atoms with E-state index in [2.05, 4.69) is 17.1 Å². The van der Waals surface area contributed by atoms with E-state index in [0.29, 0.717) is 11.6 Å². The van der Waals surface area contributed by atoms with Crippen molar-refractivity contribution in [1.29, 1.82) is 0 Å². The smallest absolute Gasteiger partial charge is 0.307 e. The first-order valence-corrected chi connectivity index (χ1v) is 21.2. The van der Waals surface area contributed by atoms with E-state index in [4.69, 9.17) is 23.6 Å². The van der Waals surface area contributed by atoms with Crippen molar-refractivity contribution in [3.8, 4) is 11.5 Å². The lowest BCUT2D eigenvalue weighted by Gasteiger charge is -2.36. The van der Waals surface area contributed by atoms with Crippen molar-refractivity contribution in [1.82, 2.24) is 4.98 Å². The second-order valence-corrected chi connectivity index (χ2v) is 17.6. The van der Waals surface area contributed by atoms with Gasteiger partial charge in [-0.3, -0.25) is 14.4 Å². The number of anilines is 2. The van der Waals surface area contributed by atoms with Gasteiger partial charge in [0.1, 0.15) is 22.7 Å². The Hall–Kier alpha value is -5.48. The van der Waals surface area contributed by atoms with Crippen molar-refractivity contribution in [2.45, 2.75) is 98.4 Å². The number of aliphatic hydroxyl groups is 4. The molecule has 1 saturated heterocycles. The molecule has 6 N–H and O–H groups in total. The number of ether oxygens (including phenoxy) is 3. The number of hydrogen-bond donors (Lipinski definition) is 6. The van der Waals surface area contributed by atoms with Gasteiger partial charge in [0.05, 0.1) is 41.3 Å². The molecule has 3 aliphatic heterocycles. The normalized spacial score (nSPS) is 31.2. The summed E-state index contributed by atoms with van der Waals surface area (Å²) < 4.78 is 24.5. The fourth-order valence-electron chi connectivity index (χ4n) is 8.93. The molecule has 0 saturated carbocycles. The van der Waals surface area contributed by atoms with E-state index in [-0.39, 0.29) is 60.8 Å². The fourth-order valence-corrected chi connectivity index (χ4v) is 8.93. The number of carbonyl (C=O) groups excluding carboxylic acids is 1. The summed E-state index contributed by atoms with van der Waals surface area (Å²) in [6.45, 7) is 15.0. The molecule has 1 fully saturated rings. The number of fused-ring (bicyclic) bond motifs is 2. The summed E-state index contributed by atoms with van der Waals surface area (Å²) >= 11 is 0. The van der Waals surface area contributed by atoms with E-state index in [1.807, 2.05) is 0 Å². The molecule has 0 unspecified atom stereocenters. The molecule has 9 atom stereocenters. The lowest BCUT2D eigenvalue weighted by Crippen LogP contribution is -2.44. The zero-order valence-corrected chi connectivity index (χ0v) is 36.6. The molecule has 3 aromatic carbocycles. The number of rotatable bonds is 2. The van der Waals surface area contributed by atoms with Gasteiger partial charge in [0.2, 0.25) is 10.9 Å². The van der Waals surface area contributed by atoms with Gasteiger partial charge in [-0.15, -0.1) is 0 Å². The summed E-state index contributed by atoms with van der Waals surface area (Å²) in [7, 11) is 1.45. The van der Waals surface area contributed by atoms with E-state index >= 15 is 0 Å². The van der Waals surface area contributed by atoms with Crippen LogP contribution in [0, 0.1) is 36.5 Å². The van der Waals surface area contributed by atoms with Gasteiger partial charge < -0.3 is 54.4 Å². The highest BCUT2D eigenvalue weighted by Gasteiger charge is 2.44. The quantitative estimate of drug-likeness (QED) is 0.112. The highest BCUT2D eigenvalue weighted by atomic mass is 16.7. The Morgan fingerprint density at radius 2 is 1.55 bits per heavy atom. The number of methoxy groups -OCH3 is 1. The van der Waals surface area contributed by atoms with Crippen LogP contribution in [0.5, 0.6) is 11.5 Å². The van der Waals surface area contributed by atoms with Crippen molar-refractivity contribution in [3.05, 3.63) is 79.5 Å². The van der Waals surface area contributed by atoms with E-state index < -0.39 is 82.1 Å². The maximum atomic E-state index is 14.8. The van der Waals surface area contributed by atoms with Crippen LogP contribution < -0.4 is 31.0 Å². The number of phenolic OH excluding ortho intramolecular Hbond substituents is 1. The number of amides is 1. The first kappa shape index (κ1) is 44.6. The van der Waals surface area contributed by atoms with Crippen molar-refractivity contribution >= 4 is 56.0 Å². The molecule has 0 radical (unpaired) electrons. The Kier molecular flexibility index (Phi) is 12.2. The Morgan fingerprint density at radius 1 is 0.887 bits per heavy atom. The standard InChI is InChI=1S/C47H57N3O12/c1-21-13-16-50(17-14-21)28-19-29(51)35-31(20-28)61-44-36(48-35)32-33-41(55)27(7)43-34(32)45(57)47(8,62-43)60-18-15-30(59-9)24(4)39(53)26(6)40(54)25(5)38(52)22(2)11-10-12-23(3)46(58)49-37(44)42(33)56/h10-12,15,18-22,24-26,30,38-40,52-55,57H,13-14,16-17H2,1-9H3,(H,49,58)/b11-10+,18-15+,23-12-/t22-,24+,25+,26-,30-,38-,39+,40+,47-/m0/s1. The molecular formula is C47H57N3O12. The van der Waals surface area contributed by atoms with Gasteiger partial charge in [0.25, 0.3) is 5.91 Å². The molecule has 15 nitrogen and oxygen atoms in total. The van der Waals surface area contributed by atoms with E-state index in [1.165, 1.54) is 52.4 Å². The molecule has 7 rings (SSSR count). The Bertz CT molecular complexity index is 2700. The number of benzene rings is 3. The summed E-state index contributed by atoms with van der Waals surface area (Å²) in [6, 6.07) is 3.16. The van der Waals surface area contributed by atoms with Crippen molar-refractivity contribution < 1.29 is 49.0 Å². The topological polar surface area (TPSA) is 221 Å². The van der Waals surface area contributed by atoms with Gasteiger partial charge in [0.15, 0.2) is 22.4 Å². The third-order valence-electron chi connectivity index (χ3n) is 13.3. The second-order valence-electron chi connectivity index (χ2n) is 17.6. The number of nitrogens with zero attached hydrogens (tertiary/aromatic N) is 2. The summed E-state index contributed by atoms with van der Waals surface area (Å²) in [4.78, 5) is 49.4. The fraction of sp³-hybridized carbons (Fsp3) is 0.489. The highest BCUT2D eigenvalue weighted by Crippen LogP contribution is 2.42. The average Bonchev–Trinajstić information content (AvgIpc) is 3.52. The first-order chi connectivity index (χ1) is 29.3. The molecule has 4 aromatic rings. The Morgan fingerprint density at radius 3 is 2.23 bits per heavy atom. The minimum atomic E-state index is -1.94. The molecule has 1 amide bonds. The molecule has 332 valence electrons. The number of aromatic nitrogens is 1. The number of aromatic hydroxyl groups is 1. The van der Waals surface area contributed by atoms with Crippen LogP contribution in [0.4, 0.5) is 11.4 Å². The van der Waals surface area contributed by atoms with Crippen LogP contribution in [0.2, 0.25) is 0 Å². The van der Waals surface area contributed by atoms with Crippen LogP contribution in [-0.4, -0.2) is 86.8 Å². The van der Waals surface area contributed by atoms with Gasteiger partial charge >= 0.3 is 5.79 Å². The van der Waals surface area contributed by atoms with Crippen LogP contribution in [0.1, 0.15) is 66.9 Å². The van der Waals surface area contributed by atoms with Gasteiger partial charge in [-0.2, -0.15) is 0 Å². The first-order valence-electron chi connectivity index (χ1n) is 21.2. The van der Waals surface area contributed by atoms with Crippen molar-refractivity contribution in [3.63, 3.8) is 0 Å². The number of phenols is 1. The SMILES string of the molecule is CO[C@H]1/C=C/O[C@@]2(C)Oc3c(C)c(O)c4c(=O)c(c5oc6cc(N7CCC(C)CC7)cc(=O)c6nc5c4c3=C2O)NC(=O)/C(C)=C\C=C\[C@H](C)[C@H](O)[C@@H](C)[C@@H](O)[C@@H](C)[C@H](O)[C@@H]1C. The van der Waals surface area contributed by atoms with Crippen molar-refractivity contribution in [2.75, 3.05) is 30.4 Å². The number of piperidine rings is 1. The molecule has 15 heteroatoms. The van der Waals surface area contributed by atoms with E-state index in [0.717, 1.165) is 25.9 Å². The summed E-state index contributed by atoms with van der Waals surface area (Å²) in [6.07, 6.45) is 5.38. The lowest BCUT2D eigenvalue weighted by molar-refractivity contribution is -0.112. The number of aliphatic hydroxyl groups excluding tert-OH is 4. The van der Waals surface area contributed by atoms with Gasteiger partial charge in [-0.05, 0) is 38.7 Å². The summed E-state index contributed by atoms with van der Waals surface area (Å²) in [5.41, 5.74) is -1.19. The molecule has 1 aromatic heterocycles. The summed E-state index contributed by atoms with van der Waals surface area (Å²) in [5, 5.41) is 60.1. The third-order valence-corrected chi connectivity index (χ3v) is 13.3. The largest absolute Gasteiger partial charge is 0.507 e. The van der Waals surface area contributed by atoms with Gasteiger partial charge in [-0.25, -0.2) is 4.98 Å². The van der Waals surface area contributed by atoms with Gasteiger partial charge in [-0.1, -0.05) is 52.8 Å². The van der Waals surface area contributed by atoms with Crippen LogP contribution in [0.3, 0.4) is 0 Å². The van der Waals surface area contributed by atoms with Crippen LogP contribution >= 0.6 is 0 Å². The molecule has 3 aliphatic rings. The Labute approximate surface area is 358 Å². The predicted molar refractivity (Wildman–Crippen MR) is 236 cm³/mol. The van der Waals surface area contributed by atoms with E-state index in [1.54, 1.807) is 45.9 Å². The van der Waals surface area contributed by atoms with E-state index in [9.17, 15) is 39.9 Å².